The van der Waals surface area contributed by atoms with Crippen molar-refractivity contribution in [2.24, 2.45) is 73.9 Å². The number of aldehydes is 2. The van der Waals surface area contributed by atoms with Gasteiger partial charge < -0.3 is 19.4 Å². The van der Waals surface area contributed by atoms with Gasteiger partial charge in [0.15, 0.2) is 0 Å². The van der Waals surface area contributed by atoms with E-state index in [-0.39, 0.29) is 56.9 Å². The van der Waals surface area contributed by atoms with Gasteiger partial charge in [-0.05, 0) is 160 Å². The highest BCUT2D eigenvalue weighted by Gasteiger charge is 2.69. The van der Waals surface area contributed by atoms with Crippen LogP contribution in [0.25, 0.3) is 0 Å². The highest BCUT2D eigenvalue weighted by Crippen LogP contribution is 2.74. The standard InChI is InChI=1S/C40H60O5/c1-34(23-41)13-5-15-36(3)29(34)11-17-38-19-26(7-9-31(36)38)28(21-38)33(43)45-25-40(44)22-39-18-12-30-35(2,24-42)14-6-16-37(30,4)32(39)10-8-27(40)20-39/h23-24,26-32,44H,5-22,25H2,1-4H3/t26-,27-,28-,29-,30-,31+,32+,34+,35+,36-,37-,38+,39+,40-/m1/s1. The molecule has 0 heterocycles. The number of esters is 1. The molecule has 8 saturated carbocycles. The Hall–Kier alpha value is -1.23. The number of hydrogen-bond acceptors (Lipinski definition) is 5. The molecule has 8 aliphatic carbocycles. The topological polar surface area (TPSA) is 80.7 Å². The lowest BCUT2D eigenvalue weighted by molar-refractivity contribution is -0.162. The van der Waals surface area contributed by atoms with Crippen molar-refractivity contribution in [3.05, 3.63) is 0 Å². The van der Waals surface area contributed by atoms with Gasteiger partial charge in [0.25, 0.3) is 0 Å². The Morgan fingerprint density at radius 3 is 1.89 bits per heavy atom. The van der Waals surface area contributed by atoms with Crippen LogP contribution in [0, 0.1) is 73.9 Å². The molecule has 1 N–H and O–H groups in total. The van der Waals surface area contributed by atoms with E-state index in [1.54, 1.807) is 0 Å². The smallest absolute Gasteiger partial charge is 0.309 e. The molecule has 45 heavy (non-hydrogen) atoms. The highest BCUT2D eigenvalue weighted by atomic mass is 16.5. The van der Waals surface area contributed by atoms with E-state index in [4.69, 9.17) is 4.74 Å². The van der Waals surface area contributed by atoms with Crippen molar-refractivity contribution in [1.29, 1.82) is 0 Å². The largest absolute Gasteiger partial charge is 0.462 e. The van der Waals surface area contributed by atoms with Gasteiger partial charge in [-0.25, -0.2) is 0 Å². The van der Waals surface area contributed by atoms with Crippen molar-refractivity contribution in [2.45, 2.75) is 149 Å². The molecule has 0 aromatic rings. The second-order valence-electron chi connectivity index (χ2n) is 19.7. The number of rotatable bonds is 5. The molecule has 0 aliphatic heterocycles. The lowest BCUT2D eigenvalue weighted by Gasteiger charge is -2.63. The van der Waals surface area contributed by atoms with Crippen molar-refractivity contribution in [3.63, 3.8) is 0 Å². The van der Waals surface area contributed by atoms with Crippen LogP contribution in [-0.4, -0.2) is 35.9 Å². The lowest BCUT2D eigenvalue weighted by Crippen LogP contribution is -2.56. The summed E-state index contributed by atoms with van der Waals surface area (Å²) in [5.74, 6) is 2.59. The second-order valence-corrected chi connectivity index (χ2v) is 19.7. The van der Waals surface area contributed by atoms with Crippen molar-refractivity contribution in [3.8, 4) is 0 Å². The molecule has 5 nitrogen and oxygen atoms in total. The summed E-state index contributed by atoms with van der Waals surface area (Å²) in [6.45, 7) is 9.56. The first-order valence-corrected chi connectivity index (χ1v) is 19.1. The molecule has 0 aromatic heterocycles. The number of aliphatic hydroxyl groups is 1. The maximum absolute atomic E-state index is 14.0. The number of hydrogen-bond donors (Lipinski definition) is 1. The van der Waals surface area contributed by atoms with E-state index in [9.17, 15) is 19.5 Å². The number of ether oxygens (including phenoxy) is 1. The quantitative estimate of drug-likeness (QED) is 0.248. The monoisotopic (exact) mass is 620 g/mol. The van der Waals surface area contributed by atoms with Crippen molar-refractivity contribution in [2.75, 3.05) is 6.61 Å². The maximum Gasteiger partial charge on any atom is 0.309 e. The molecule has 14 atom stereocenters. The molecular weight excluding hydrogens is 560 g/mol. The van der Waals surface area contributed by atoms with E-state index in [1.807, 2.05) is 0 Å². The second kappa shape index (κ2) is 9.91. The van der Waals surface area contributed by atoms with Crippen LogP contribution < -0.4 is 0 Å². The molecule has 0 radical (unpaired) electrons. The van der Waals surface area contributed by atoms with Gasteiger partial charge in [0.05, 0.1) is 5.92 Å². The van der Waals surface area contributed by atoms with E-state index in [2.05, 4.69) is 27.7 Å². The molecule has 8 aliphatic rings. The van der Waals surface area contributed by atoms with Crippen molar-refractivity contribution in [1.82, 2.24) is 0 Å². The number of fused-ring (bicyclic) bond motifs is 6. The van der Waals surface area contributed by atoms with E-state index in [1.165, 1.54) is 31.8 Å². The molecule has 8 fully saturated rings. The van der Waals surface area contributed by atoms with Crippen LogP contribution >= 0.6 is 0 Å². The van der Waals surface area contributed by atoms with Gasteiger partial charge in [-0.1, -0.05) is 40.5 Å². The van der Waals surface area contributed by atoms with Crippen LogP contribution in [0.1, 0.15) is 143 Å². The summed E-state index contributed by atoms with van der Waals surface area (Å²) in [7, 11) is 0. The minimum absolute atomic E-state index is 0.0379. The minimum atomic E-state index is -0.919. The average Bonchev–Trinajstić information content (AvgIpc) is 3.40. The fourth-order valence-electron chi connectivity index (χ4n) is 16.2. The highest BCUT2D eigenvalue weighted by molar-refractivity contribution is 5.73. The predicted octanol–water partition coefficient (Wildman–Crippen LogP) is 8.10. The molecular formula is C40H60O5. The van der Waals surface area contributed by atoms with E-state index in [0.29, 0.717) is 29.6 Å². The molecule has 0 aromatic carbocycles. The maximum atomic E-state index is 14.0. The zero-order chi connectivity index (χ0) is 31.7. The first-order chi connectivity index (χ1) is 21.3. The van der Waals surface area contributed by atoms with E-state index in [0.717, 1.165) is 96.3 Å². The summed E-state index contributed by atoms with van der Waals surface area (Å²) in [4.78, 5) is 38.6. The van der Waals surface area contributed by atoms with E-state index < -0.39 is 5.60 Å². The summed E-state index contributed by atoms with van der Waals surface area (Å²) >= 11 is 0. The summed E-state index contributed by atoms with van der Waals surface area (Å²) < 4.78 is 6.27. The molecule has 4 bridgehead atoms. The molecule has 0 unspecified atom stereocenters. The van der Waals surface area contributed by atoms with Gasteiger partial charge in [0.1, 0.15) is 24.8 Å². The van der Waals surface area contributed by atoms with Crippen LogP contribution in [0.4, 0.5) is 0 Å². The summed E-state index contributed by atoms with van der Waals surface area (Å²) in [5.41, 5.74) is -0.635. The zero-order valence-electron chi connectivity index (χ0n) is 28.7. The van der Waals surface area contributed by atoms with Gasteiger partial charge in [-0.3, -0.25) is 4.79 Å². The SMILES string of the molecule is C[C@@]12CCC[C@@](C)(C=O)[C@H]1CC[C@@]13C[C@@H](CC[C@H]12)[C@H](C(=O)OC[C@]1(O)C[C@@]24CC[C@H]5[C@@](C)(CCC[C@@]5(C)C=O)[C@@H]2CC[C@@H]1C4)C3. The van der Waals surface area contributed by atoms with Crippen LogP contribution in [-0.2, 0) is 19.1 Å². The predicted molar refractivity (Wildman–Crippen MR) is 173 cm³/mol. The molecule has 250 valence electrons. The first-order valence-electron chi connectivity index (χ1n) is 19.1. The third-order valence-electron chi connectivity index (χ3n) is 17.8. The van der Waals surface area contributed by atoms with Gasteiger partial charge in [0.2, 0.25) is 0 Å². The fraction of sp³-hybridized carbons (Fsp3) is 0.925. The average molecular weight is 621 g/mol. The molecule has 8 rings (SSSR count). The van der Waals surface area contributed by atoms with Crippen LogP contribution in [0.15, 0.2) is 0 Å². The third-order valence-corrected chi connectivity index (χ3v) is 17.8. The first kappa shape index (κ1) is 31.1. The summed E-state index contributed by atoms with van der Waals surface area (Å²) in [6.07, 6.45) is 22.1. The lowest BCUT2D eigenvalue weighted by atomic mass is 9.41. The van der Waals surface area contributed by atoms with E-state index >= 15 is 0 Å². The van der Waals surface area contributed by atoms with Gasteiger partial charge >= 0.3 is 5.97 Å². The summed E-state index contributed by atoms with van der Waals surface area (Å²) in [5, 5.41) is 12.3. The Kier molecular flexibility index (Phi) is 6.84. The Morgan fingerprint density at radius 1 is 0.689 bits per heavy atom. The molecule has 2 spiro atoms. The molecule has 0 saturated heterocycles. The van der Waals surface area contributed by atoms with Crippen molar-refractivity contribution < 1.29 is 24.2 Å². The number of carbonyl (C=O) groups excluding carboxylic acids is 3. The molecule has 0 amide bonds. The minimum Gasteiger partial charge on any atom is -0.462 e. The van der Waals surface area contributed by atoms with Gasteiger partial charge in [-0.2, -0.15) is 0 Å². The third kappa shape index (κ3) is 4.09. The van der Waals surface area contributed by atoms with Crippen LogP contribution in [0.5, 0.6) is 0 Å². The van der Waals surface area contributed by atoms with Crippen LogP contribution in [0.3, 0.4) is 0 Å². The van der Waals surface area contributed by atoms with Crippen molar-refractivity contribution >= 4 is 18.5 Å². The molecule has 5 heteroatoms. The Labute approximate surface area is 271 Å². The van der Waals surface area contributed by atoms with Crippen LogP contribution in [0.2, 0.25) is 0 Å². The Balaban J connectivity index is 0.962. The normalized spacial score (nSPS) is 57.9. The number of carbonyl (C=O) groups is 3. The van der Waals surface area contributed by atoms with Gasteiger partial charge in [-0.15, -0.1) is 0 Å². The fourth-order valence-corrected chi connectivity index (χ4v) is 16.2. The Morgan fingerprint density at radius 2 is 1.27 bits per heavy atom. The zero-order valence-corrected chi connectivity index (χ0v) is 28.7. The van der Waals surface area contributed by atoms with Gasteiger partial charge in [0, 0.05) is 10.8 Å². The summed E-state index contributed by atoms with van der Waals surface area (Å²) in [6, 6.07) is 0. The Bertz CT molecular complexity index is 1260.